The quantitative estimate of drug-likeness (QED) is 0.523. The van der Waals surface area contributed by atoms with Gasteiger partial charge in [0.15, 0.2) is 0 Å². The maximum Gasteiger partial charge on any atom is 0.122 e. The highest BCUT2D eigenvalue weighted by molar-refractivity contribution is 5.85. The molecule has 0 saturated heterocycles. The number of β-amino-alcohol motifs (C(OH)–C–C–N with tert-alkyl or cyclic N) is 1. The number of aliphatic hydroxyl groups excluding tert-OH is 1. The molecule has 0 fully saturated rings. The van der Waals surface area contributed by atoms with Crippen LogP contribution in [-0.2, 0) is 4.74 Å². The molecular weight excluding hydrogens is 362 g/mol. The van der Waals surface area contributed by atoms with Gasteiger partial charge in [0.2, 0.25) is 0 Å². The van der Waals surface area contributed by atoms with Crippen molar-refractivity contribution in [2.45, 2.75) is 72.4 Å². The lowest BCUT2D eigenvalue weighted by Crippen LogP contribution is -2.46. The molecule has 1 aromatic carbocycles. The van der Waals surface area contributed by atoms with E-state index in [0.29, 0.717) is 32.3 Å². The summed E-state index contributed by atoms with van der Waals surface area (Å²) < 4.78 is 11.4. The Hall–Kier alpha value is -0.810. The summed E-state index contributed by atoms with van der Waals surface area (Å²) in [5.41, 5.74) is 1.45. The zero-order chi connectivity index (χ0) is 19.8. The number of nitrogens with one attached hydrogen (secondary N) is 1. The van der Waals surface area contributed by atoms with Gasteiger partial charge in [0, 0.05) is 12.1 Å². The molecule has 0 bridgehead atoms. The second kappa shape index (κ2) is 11.9. The minimum Gasteiger partial charge on any atom is -0.491 e. The number of para-hydroxylation sites is 1. The number of hydrogen-bond acceptors (Lipinski definition) is 4. The summed E-state index contributed by atoms with van der Waals surface area (Å²) in [5, 5.41) is 13.6. The number of aliphatic hydroxyl groups is 1. The van der Waals surface area contributed by atoms with Crippen molar-refractivity contribution >= 4 is 12.4 Å². The summed E-state index contributed by atoms with van der Waals surface area (Å²) in [7, 11) is 0. The fraction of sp³-hybridized carbons (Fsp3) is 0.727. The Balaban J connectivity index is 0.00000676. The third kappa shape index (κ3) is 11.6. The standard InChI is InChI=1S/C22H39NO3.ClH/c1-17(2)19-10-8-9-11-20(19)26-13-12-25-15-18(24)14-23-22(6,7)16-21(3,4)5;/h8-11,17-18,23-24H,12-16H2,1-7H3;1H. The van der Waals surface area contributed by atoms with Gasteiger partial charge in [0.05, 0.1) is 19.3 Å². The average molecular weight is 402 g/mol. The lowest BCUT2D eigenvalue weighted by Gasteiger charge is -2.34. The predicted octanol–water partition coefficient (Wildman–Crippen LogP) is 4.79. The van der Waals surface area contributed by atoms with E-state index in [1.54, 1.807) is 0 Å². The van der Waals surface area contributed by atoms with Gasteiger partial charge < -0.3 is 19.9 Å². The van der Waals surface area contributed by atoms with E-state index in [-0.39, 0.29) is 23.4 Å². The molecule has 1 unspecified atom stereocenters. The smallest absolute Gasteiger partial charge is 0.122 e. The third-order valence-corrected chi connectivity index (χ3v) is 4.13. The van der Waals surface area contributed by atoms with Gasteiger partial charge in [0.1, 0.15) is 12.4 Å². The Morgan fingerprint density at radius 1 is 1.04 bits per heavy atom. The molecule has 0 amide bonds. The van der Waals surface area contributed by atoms with Gasteiger partial charge in [-0.25, -0.2) is 0 Å². The van der Waals surface area contributed by atoms with E-state index in [2.05, 4.69) is 59.8 Å². The first kappa shape index (κ1) is 26.2. The summed E-state index contributed by atoms with van der Waals surface area (Å²) >= 11 is 0. The molecule has 1 atom stereocenters. The fourth-order valence-corrected chi connectivity index (χ4v) is 3.36. The van der Waals surface area contributed by atoms with Crippen LogP contribution in [0.5, 0.6) is 5.75 Å². The SMILES string of the molecule is CC(C)c1ccccc1OCCOCC(O)CNC(C)(C)CC(C)(C)C.Cl. The maximum atomic E-state index is 10.1. The van der Waals surface area contributed by atoms with Gasteiger partial charge in [-0.05, 0) is 43.2 Å². The van der Waals surface area contributed by atoms with Crippen LogP contribution < -0.4 is 10.1 Å². The van der Waals surface area contributed by atoms with Gasteiger partial charge >= 0.3 is 0 Å². The Labute approximate surface area is 172 Å². The Bertz CT molecular complexity index is 527. The first-order valence-electron chi connectivity index (χ1n) is 9.73. The molecule has 5 heteroatoms. The van der Waals surface area contributed by atoms with Crippen molar-refractivity contribution < 1.29 is 14.6 Å². The number of ether oxygens (including phenoxy) is 2. The molecule has 0 aliphatic rings. The molecule has 0 spiro atoms. The Morgan fingerprint density at radius 3 is 2.26 bits per heavy atom. The van der Waals surface area contributed by atoms with Crippen molar-refractivity contribution in [1.82, 2.24) is 5.32 Å². The van der Waals surface area contributed by atoms with E-state index in [9.17, 15) is 5.11 Å². The van der Waals surface area contributed by atoms with Crippen LogP contribution in [0.25, 0.3) is 0 Å². The fourth-order valence-electron chi connectivity index (χ4n) is 3.36. The summed E-state index contributed by atoms with van der Waals surface area (Å²) in [4.78, 5) is 0. The van der Waals surface area contributed by atoms with Crippen LogP contribution in [0, 0.1) is 5.41 Å². The van der Waals surface area contributed by atoms with Crippen LogP contribution in [0.2, 0.25) is 0 Å². The highest BCUT2D eigenvalue weighted by Gasteiger charge is 2.25. The molecule has 1 rings (SSSR count). The summed E-state index contributed by atoms with van der Waals surface area (Å²) in [6, 6.07) is 8.10. The van der Waals surface area contributed by atoms with Crippen LogP contribution in [0.15, 0.2) is 24.3 Å². The monoisotopic (exact) mass is 401 g/mol. The largest absolute Gasteiger partial charge is 0.491 e. The average Bonchev–Trinajstić information content (AvgIpc) is 2.50. The van der Waals surface area contributed by atoms with E-state index in [1.807, 2.05) is 18.2 Å². The van der Waals surface area contributed by atoms with Crippen LogP contribution in [0.1, 0.15) is 66.4 Å². The lowest BCUT2D eigenvalue weighted by atomic mass is 9.82. The predicted molar refractivity (Wildman–Crippen MR) is 116 cm³/mol. The van der Waals surface area contributed by atoms with Crippen molar-refractivity contribution in [2.24, 2.45) is 5.41 Å². The molecule has 1 aromatic rings. The van der Waals surface area contributed by atoms with Crippen molar-refractivity contribution in [2.75, 3.05) is 26.4 Å². The van der Waals surface area contributed by atoms with Crippen LogP contribution in [0.3, 0.4) is 0 Å². The van der Waals surface area contributed by atoms with Crippen LogP contribution in [-0.4, -0.2) is 43.1 Å². The van der Waals surface area contributed by atoms with E-state index >= 15 is 0 Å². The van der Waals surface area contributed by atoms with Crippen LogP contribution in [0.4, 0.5) is 0 Å². The summed E-state index contributed by atoms with van der Waals surface area (Å²) in [6.07, 6.45) is 0.522. The van der Waals surface area contributed by atoms with Crippen molar-refractivity contribution in [3.05, 3.63) is 29.8 Å². The van der Waals surface area contributed by atoms with Gasteiger partial charge in [-0.2, -0.15) is 0 Å². The van der Waals surface area contributed by atoms with Crippen molar-refractivity contribution in [3.8, 4) is 5.75 Å². The molecule has 0 heterocycles. The van der Waals surface area contributed by atoms with E-state index < -0.39 is 6.10 Å². The zero-order valence-electron chi connectivity index (χ0n) is 18.2. The van der Waals surface area contributed by atoms with Crippen LogP contribution >= 0.6 is 12.4 Å². The Kier molecular flexibility index (Phi) is 11.5. The zero-order valence-corrected chi connectivity index (χ0v) is 19.0. The minimum absolute atomic E-state index is 0. The topological polar surface area (TPSA) is 50.7 Å². The van der Waals surface area contributed by atoms with Crippen molar-refractivity contribution in [1.29, 1.82) is 0 Å². The molecule has 158 valence electrons. The molecule has 4 nitrogen and oxygen atoms in total. The molecule has 0 aromatic heterocycles. The summed E-state index contributed by atoms with van der Waals surface area (Å²) in [6.45, 7) is 17.1. The molecule has 0 saturated carbocycles. The highest BCUT2D eigenvalue weighted by Crippen LogP contribution is 2.27. The van der Waals surface area contributed by atoms with Gasteiger partial charge in [-0.3, -0.25) is 0 Å². The normalized spacial score (nSPS) is 13.4. The summed E-state index contributed by atoms with van der Waals surface area (Å²) in [5.74, 6) is 1.34. The van der Waals surface area contributed by atoms with Gasteiger partial charge in [0.25, 0.3) is 0 Å². The molecule has 0 radical (unpaired) electrons. The van der Waals surface area contributed by atoms with E-state index in [4.69, 9.17) is 9.47 Å². The first-order chi connectivity index (χ1) is 12.0. The van der Waals surface area contributed by atoms with E-state index in [1.165, 1.54) is 5.56 Å². The molecule has 27 heavy (non-hydrogen) atoms. The number of halogens is 1. The molecule has 0 aliphatic heterocycles. The molecule has 0 aliphatic carbocycles. The highest BCUT2D eigenvalue weighted by atomic mass is 35.5. The minimum atomic E-state index is -0.516. The van der Waals surface area contributed by atoms with E-state index in [0.717, 1.165) is 12.2 Å². The maximum absolute atomic E-state index is 10.1. The van der Waals surface area contributed by atoms with Crippen molar-refractivity contribution in [3.63, 3.8) is 0 Å². The lowest BCUT2D eigenvalue weighted by molar-refractivity contribution is 0.0210. The van der Waals surface area contributed by atoms with Gasteiger partial charge in [-0.15, -0.1) is 12.4 Å². The molecule has 2 N–H and O–H groups in total. The third-order valence-electron chi connectivity index (χ3n) is 4.13. The second-order valence-electron chi connectivity index (χ2n) is 9.27. The second-order valence-corrected chi connectivity index (χ2v) is 9.27. The van der Waals surface area contributed by atoms with Gasteiger partial charge in [-0.1, -0.05) is 52.8 Å². The number of benzene rings is 1. The first-order valence-corrected chi connectivity index (χ1v) is 9.73. The molecular formula is C22H40ClNO3. The number of rotatable bonds is 11. The Morgan fingerprint density at radius 2 is 1.67 bits per heavy atom. The number of hydrogen-bond donors (Lipinski definition) is 2.